The number of amides is 1. The van der Waals surface area contributed by atoms with Crippen LogP contribution < -0.4 is 10.1 Å². The van der Waals surface area contributed by atoms with E-state index in [1.807, 2.05) is 4.68 Å². The first-order valence-electron chi connectivity index (χ1n) is 11.4. The molecule has 33 heavy (non-hydrogen) atoms. The molecule has 1 N–H and O–H groups in total. The monoisotopic (exact) mass is 464 g/mol. The van der Waals surface area contributed by atoms with Crippen LogP contribution in [0.2, 0.25) is 0 Å². The summed E-state index contributed by atoms with van der Waals surface area (Å²) in [5, 5.41) is 7.29. The standard InChI is InChI=1S/C23H27F3N4O3/c24-23(25,26)16-4-5-21-15(10-16)11-17(14-33-21)27-22(31)20-12-18-13-29(6-7-30(18)28-20)8-9-32-19-2-1-3-19/h4-5,10,12,17,19H,1-3,6-9,11,13-14H2,(H,27,31)/t17-/m1/s1. The molecule has 3 heterocycles. The van der Waals surface area contributed by atoms with Gasteiger partial charge in [-0.2, -0.15) is 18.3 Å². The Balaban J connectivity index is 1.17. The van der Waals surface area contributed by atoms with Crippen LogP contribution in [0.25, 0.3) is 0 Å². The normalized spacial score (nSPS) is 21.0. The van der Waals surface area contributed by atoms with Crippen molar-refractivity contribution in [2.75, 3.05) is 26.3 Å². The Bertz CT molecular complexity index is 1020. The molecule has 3 aliphatic rings. The Morgan fingerprint density at radius 1 is 1.24 bits per heavy atom. The predicted molar refractivity (Wildman–Crippen MR) is 113 cm³/mol. The van der Waals surface area contributed by atoms with E-state index >= 15 is 0 Å². The van der Waals surface area contributed by atoms with E-state index in [9.17, 15) is 18.0 Å². The fourth-order valence-electron chi connectivity index (χ4n) is 4.43. The molecule has 178 valence electrons. The SMILES string of the molecule is O=C(N[C@H]1COc2ccc(C(F)(F)F)cc2C1)c1cc2n(n1)CCN(CCOC1CCC1)C2. The number of aromatic nitrogens is 2. The molecule has 1 amide bonds. The molecule has 0 bridgehead atoms. The molecule has 1 fully saturated rings. The minimum atomic E-state index is -4.42. The predicted octanol–water partition coefficient (Wildman–Crippen LogP) is 3.02. The van der Waals surface area contributed by atoms with E-state index in [-0.39, 0.29) is 18.9 Å². The molecular weight excluding hydrogens is 437 g/mol. The number of ether oxygens (including phenoxy) is 2. The van der Waals surface area contributed by atoms with Gasteiger partial charge in [0.25, 0.3) is 5.91 Å². The Kier molecular flexibility index (Phi) is 6.05. The third-order valence-corrected chi connectivity index (χ3v) is 6.55. The molecule has 1 aromatic carbocycles. The number of benzene rings is 1. The number of carbonyl (C=O) groups excluding carboxylic acids is 1. The first-order valence-corrected chi connectivity index (χ1v) is 11.4. The number of nitrogens with one attached hydrogen (secondary N) is 1. The second-order valence-corrected chi connectivity index (χ2v) is 8.95. The third-order valence-electron chi connectivity index (χ3n) is 6.55. The molecule has 0 unspecified atom stereocenters. The van der Waals surface area contributed by atoms with Crippen LogP contribution in [-0.4, -0.2) is 59.0 Å². The van der Waals surface area contributed by atoms with E-state index < -0.39 is 17.8 Å². The number of hydrogen-bond donors (Lipinski definition) is 1. The zero-order valence-electron chi connectivity index (χ0n) is 18.2. The van der Waals surface area contributed by atoms with Crippen LogP contribution in [0.15, 0.2) is 24.3 Å². The Morgan fingerprint density at radius 2 is 2.09 bits per heavy atom. The topological polar surface area (TPSA) is 68.6 Å². The minimum absolute atomic E-state index is 0.201. The van der Waals surface area contributed by atoms with Gasteiger partial charge in [-0.05, 0) is 55.5 Å². The number of halogens is 3. The molecule has 1 saturated carbocycles. The molecule has 7 nitrogen and oxygen atoms in total. The van der Waals surface area contributed by atoms with Crippen molar-refractivity contribution >= 4 is 5.91 Å². The fourth-order valence-corrected chi connectivity index (χ4v) is 4.43. The second-order valence-electron chi connectivity index (χ2n) is 8.95. The highest BCUT2D eigenvalue weighted by atomic mass is 19.4. The van der Waals surface area contributed by atoms with Gasteiger partial charge in [0.05, 0.1) is 36.6 Å². The van der Waals surface area contributed by atoms with E-state index in [0.717, 1.165) is 43.8 Å². The molecular formula is C23H27F3N4O3. The summed E-state index contributed by atoms with van der Waals surface area (Å²) in [6.07, 6.45) is -0.150. The fraction of sp³-hybridized carbons (Fsp3) is 0.565. The molecule has 10 heteroatoms. The van der Waals surface area contributed by atoms with Crippen molar-refractivity contribution in [3.8, 4) is 5.75 Å². The summed E-state index contributed by atoms with van der Waals surface area (Å²) in [5.74, 6) is 0.0770. The van der Waals surface area contributed by atoms with Gasteiger partial charge in [0.15, 0.2) is 5.69 Å². The summed E-state index contributed by atoms with van der Waals surface area (Å²) in [6.45, 7) is 4.01. The third kappa shape index (κ3) is 5.01. The second kappa shape index (κ2) is 8.98. The maximum absolute atomic E-state index is 13.0. The molecule has 2 aromatic rings. The van der Waals surface area contributed by atoms with E-state index in [2.05, 4.69) is 15.3 Å². The van der Waals surface area contributed by atoms with Crippen LogP contribution >= 0.6 is 0 Å². The molecule has 2 aliphatic heterocycles. The largest absolute Gasteiger partial charge is 0.491 e. The Hall–Kier alpha value is -2.59. The highest BCUT2D eigenvalue weighted by molar-refractivity contribution is 5.92. The van der Waals surface area contributed by atoms with E-state index in [1.165, 1.54) is 12.5 Å². The van der Waals surface area contributed by atoms with Crippen LogP contribution in [0.1, 0.15) is 46.6 Å². The van der Waals surface area contributed by atoms with Crippen molar-refractivity contribution in [3.05, 3.63) is 46.8 Å². The molecule has 1 atom stereocenters. The molecule has 1 aromatic heterocycles. The summed E-state index contributed by atoms with van der Waals surface area (Å²) in [7, 11) is 0. The first kappa shape index (κ1) is 22.2. The molecule has 0 saturated heterocycles. The number of rotatable bonds is 6. The van der Waals surface area contributed by atoms with Gasteiger partial charge in [-0.25, -0.2) is 0 Å². The lowest BCUT2D eigenvalue weighted by atomic mass is 9.96. The summed E-state index contributed by atoms with van der Waals surface area (Å²) < 4.78 is 52.3. The lowest BCUT2D eigenvalue weighted by Gasteiger charge is -2.30. The zero-order chi connectivity index (χ0) is 23.0. The van der Waals surface area contributed by atoms with Gasteiger partial charge in [0.1, 0.15) is 12.4 Å². The van der Waals surface area contributed by atoms with Gasteiger partial charge in [-0.1, -0.05) is 0 Å². The average Bonchev–Trinajstić information content (AvgIpc) is 3.18. The summed E-state index contributed by atoms with van der Waals surface area (Å²) in [4.78, 5) is 15.1. The number of alkyl halides is 3. The van der Waals surface area contributed by atoms with Crippen LogP contribution in [0.3, 0.4) is 0 Å². The van der Waals surface area contributed by atoms with Crippen molar-refractivity contribution in [1.29, 1.82) is 0 Å². The van der Waals surface area contributed by atoms with Gasteiger partial charge >= 0.3 is 6.18 Å². The summed E-state index contributed by atoms with van der Waals surface area (Å²) in [6, 6.07) is 4.80. The van der Waals surface area contributed by atoms with Crippen LogP contribution in [-0.2, 0) is 30.4 Å². The highest BCUT2D eigenvalue weighted by Crippen LogP contribution is 2.34. The lowest BCUT2D eigenvalue weighted by molar-refractivity contribution is -0.137. The number of carbonyl (C=O) groups is 1. The average molecular weight is 464 g/mol. The smallest absolute Gasteiger partial charge is 0.416 e. The number of nitrogens with zero attached hydrogens (tertiary/aromatic N) is 3. The summed E-state index contributed by atoms with van der Waals surface area (Å²) >= 11 is 0. The van der Waals surface area contributed by atoms with Crippen molar-refractivity contribution in [2.24, 2.45) is 0 Å². The minimum Gasteiger partial charge on any atom is -0.491 e. The van der Waals surface area contributed by atoms with Crippen molar-refractivity contribution in [3.63, 3.8) is 0 Å². The lowest BCUT2D eigenvalue weighted by Crippen LogP contribution is -2.43. The van der Waals surface area contributed by atoms with Crippen molar-refractivity contribution < 1.29 is 27.4 Å². The number of hydrogen-bond acceptors (Lipinski definition) is 5. The van der Waals surface area contributed by atoms with Crippen LogP contribution in [0.5, 0.6) is 5.75 Å². The van der Waals surface area contributed by atoms with E-state index in [4.69, 9.17) is 9.47 Å². The van der Waals surface area contributed by atoms with E-state index in [0.29, 0.717) is 42.8 Å². The van der Waals surface area contributed by atoms with Gasteiger partial charge in [0.2, 0.25) is 0 Å². The first-order chi connectivity index (χ1) is 15.8. The number of fused-ring (bicyclic) bond motifs is 2. The maximum Gasteiger partial charge on any atom is 0.416 e. The molecule has 0 spiro atoms. The van der Waals surface area contributed by atoms with Crippen LogP contribution in [0, 0.1) is 0 Å². The van der Waals surface area contributed by atoms with E-state index in [1.54, 1.807) is 6.07 Å². The molecule has 5 rings (SSSR count). The Morgan fingerprint density at radius 3 is 2.85 bits per heavy atom. The van der Waals surface area contributed by atoms with Gasteiger partial charge in [-0.15, -0.1) is 0 Å². The maximum atomic E-state index is 13.0. The highest BCUT2D eigenvalue weighted by Gasteiger charge is 2.33. The van der Waals surface area contributed by atoms with Crippen molar-refractivity contribution in [1.82, 2.24) is 20.0 Å². The summed E-state index contributed by atoms with van der Waals surface area (Å²) in [5.41, 5.74) is 0.994. The molecule has 0 radical (unpaired) electrons. The van der Waals surface area contributed by atoms with Crippen molar-refractivity contribution in [2.45, 2.75) is 57.1 Å². The van der Waals surface area contributed by atoms with Gasteiger partial charge in [0, 0.05) is 19.6 Å². The zero-order valence-corrected chi connectivity index (χ0v) is 18.2. The quantitative estimate of drug-likeness (QED) is 0.712. The Labute approximate surface area is 189 Å². The van der Waals surface area contributed by atoms with Gasteiger partial charge in [-0.3, -0.25) is 14.4 Å². The van der Waals surface area contributed by atoms with Crippen LogP contribution in [0.4, 0.5) is 13.2 Å². The van der Waals surface area contributed by atoms with Gasteiger partial charge < -0.3 is 14.8 Å². The molecule has 1 aliphatic carbocycles.